The summed E-state index contributed by atoms with van der Waals surface area (Å²) in [6.45, 7) is 3.78. The molecular formula is C16H16O3. The van der Waals surface area contributed by atoms with E-state index in [0.29, 0.717) is 5.75 Å². The summed E-state index contributed by atoms with van der Waals surface area (Å²) in [6.07, 6.45) is 0. The lowest BCUT2D eigenvalue weighted by Gasteiger charge is -2.09. The molecule has 0 unspecified atom stereocenters. The number of benzene rings is 2. The van der Waals surface area contributed by atoms with Gasteiger partial charge in [-0.2, -0.15) is 0 Å². The molecule has 0 spiro atoms. The topological polar surface area (TPSA) is 46.5 Å². The van der Waals surface area contributed by atoms with Gasteiger partial charge in [-0.05, 0) is 42.7 Å². The van der Waals surface area contributed by atoms with Crippen molar-refractivity contribution < 1.29 is 14.6 Å². The van der Waals surface area contributed by atoms with Gasteiger partial charge in [-0.15, -0.1) is 0 Å². The smallest absolute Gasteiger partial charge is 0.341 e. The Kier molecular flexibility index (Phi) is 3.85. The average molecular weight is 256 g/mol. The number of carboxylic acids is 1. The van der Waals surface area contributed by atoms with Crippen molar-refractivity contribution in [2.45, 2.75) is 13.8 Å². The third kappa shape index (κ3) is 3.35. The van der Waals surface area contributed by atoms with Crippen LogP contribution in [0.5, 0.6) is 5.75 Å². The first-order chi connectivity index (χ1) is 9.06. The second-order valence-corrected chi connectivity index (χ2v) is 4.53. The lowest BCUT2D eigenvalue weighted by molar-refractivity contribution is -0.139. The number of aryl methyl sites for hydroxylation is 2. The number of carbonyl (C=O) groups is 1. The molecule has 0 saturated carbocycles. The van der Waals surface area contributed by atoms with Crippen LogP contribution >= 0.6 is 0 Å². The van der Waals surface area contributed by atoms with Crippen molar-refractivity contribution in [3.05, 3.63) is 53.6 Å². The minimum absolute atomic E-state index is 0.323. The number of ether oxygens (including phenoxy) is 1. The highest BCUT2D eigenvalue weighted by atomic mass is 16.5. The third-order valence-electron chi connectivity index (χ3n) is 2.90. The molecule has 2 aromatic carbocycles. The highest BCUT2D eigenvalue weighted by Crippen LogP contribution is 2.27. The molecule has 0 aromatic heterocycles. The van der Waals surface area contributed by atoms with E-state index in [4.69, 9.17) is 9.84 Å². The van der Waals surface area contributed by atoms with Crippen molar-refractivity contribution in [3.63, 3.8) is 0 Å². The number of hydrogen-bond acceptors (Lipinski definition) is 2. The number of hydrogen-bond donors (Lipinski definition) is 1. The van der Waals surface area contributed by atoms with Gasteiger partial charge in [-0.1, -0.05) is 35.9 Å². The van der Waals surface area contributed by atoms with Gasteiger partial charge < -0.3 is 9.84 Å². The Morgan fingerprint density at radius 1 is 1.16 bits per heavy atom. The van der Waals surface area contributed by atoms with Crippen molar-refractivity contribution in [3.8, 4) is 16.9 Å². The zero-order valence-corrected chi connectivity index (χ0v) is 11.0. The van der Waals surface area contributed by atoms with Gasteiger partial charge in [0.15, 0.2) is 6.61 Å². The van der Waals surface area contributed by atoms with Crippen LogP contribution in [0.1, 0.15) is 11.1 Å². The second-order valence-electron chi connectivity index (χ2n) is 4.53. The van der Waals surface area contributed by atoms with Crippen LogP contribution in [0.15, 0.2) is 42.5 Å². The summed E-state index contributed by atoms with van der Waals surface area (Å²) in [5, 5.41) is 8.62. The Morgan fingerprint density at radius 3 is 2.68 bits per heavy atom. The van der Waals surface area contributed by atoms with Crippen LogP contribution in [-0.2, 0) is 4.79 Å². The summed E-state index contributed by atoms with van der Waals surface area (Å²) in [5.41, 5.74) is 4.54. The summed E-state index contributed by atoms with van der Waals surface area (Å²) in [7, 11) is 0. The molecule has 0 saturated heterocycles. The van der Waals surface area contributed by atoms with Crippen LogP contribution in [0.25, 0.3) is 11.1 Å². The Morgan fingerprint density at radius 2 is 1.95 bits per heavy atom. The van der Waals surface area contributed by atoms with E-state index in [1.54, 1.807) is 6.07 Å². The molecule has 0 aliphatic carbocycles. The molecule has 0 heterocycles. The molecule has 0 aliphatic heterocycles. The molecule has 0 fully saturated rings. The minimum Gasteiger partial charge on any atom is -0.482 e. The van der Waals surface area contributed by atoms with Crippen molar-refractivity contribution >= 4 is 5.97 Å². The van der Waals surface area contributed by atoms with Gasteiger partial charge in [0, 0.05) is 0 Å². The van der Waals surface area contributed by atoms with Gasteiger partial charge in [0.1, 0.15) is 5.75 Å². The van der Waals surface area contributed by atoms with Gasteiger partial charge in [0.2, 0.25) is 0 Å². The van der Waals surface area contributed by atoms with Crippen molar-refractivity contribution in [1.82, 2.24) is 0 Å². The van der Waals surface area contributed by atoms with Crippen LogP contribution < -0.4 is 4.74 Å². The summed E-state index contributed by atoms with van der Waals surface area (Å²) in [5.74, 6) is -0.405. The maximum absolute atomic E-state index is 10.5. The molecule has 0 radical (unpaired) electrons. The summed E-state index contributed by atoms with van der Waals surface area (Å²) in [6, 6.07) is 13.8. The van der Waals surface area contributed by atoms with Crippen LogP contribution in [-0.4, -0.2) is 17.7 Å². The predicted octanol–water partition coefficient (Wildman–Crippen LogP) is 3.43. The molecule has 0 amide bonds. The van der Waals surface area contributed by atoms with Crippen LogP contribution in [0.3, 0.4) is 0 Å². The van der Waals surface area contributed by atoms with Crippen LogP contribution in [0.2, 0.25) is 0 Å². The Labute approximate surface area is 112 Å². The lowest BCUT2D eigenvalue weighted by atomic mass is 9.98. The molecule has 0 aliphatic rings. The van der Waals surface area contributed by atoms with Gasteiger partial charge in [-0.25, -0.2) is 4.79 Å². The molecule has 98 valence electrons. The molecule has 3 heteroatoms. The molecular weight excluding hydrogens is 240 g/mol. The van der Waals surface area contributed by atoms with Gasteiger partial charge in [-0.3, -0.25) is 0 Å². The average Bonchev–Trinajstić information content (AvgIpc) is 2.39. The summed E-state index contributed by atoms with van der Waals surface area (Å²) < 4.78 is 5.20. The highest BCUT2D eigenvalue weighted by Gasteiger charge is 2.05. The molecule has 19 heavy (non-hydrogen) atoms. The number of aliphatic carboxylic acids is 1. The fourth-order valence-corrected chi connectivity index (χ4v) is 1.95. The molecule has 0 atom stereocenters. The maximum Gasteiger partial charge on any atom is 0.341 e. The fourth-order valence-electron chi connectivity index (χ4n) is 1.95. The van der Waals surface area contributed by atoms with Crippen LogP contribution in [0.4, 0.5) is 0 Å². The van der Waals surface area contributed by atoms with Gasteiger partial charge in [0.05, 0.1) is 0 Å². The van der Waals surface area contributed by atoms with E-state index < -0.39 is 5.97 Å². The summed E-state index contributed by atoms with van der Waals surface area (Å²) in [4.78, 5) is 10.5. The first-order valence-corrected chi connectivity index (χ1v) is 6.08. The standard InChI is InChI=1S/C16H16O3/c1-11-6-7-12(2)15(8-11)13-4-3-5-14(9-13)19-10-16(17)18/h3-9H,10H2,1-2H3,(H,17,18). The molecule has 2 rings (SSSR count). The number of rotatable bonds is 4. The summed E-state index contributed by atoms with van der Waals surface area (Å²) >= 11 is 0. The van der Waals surface area contributed by atoms with E-state index in [1.807, 2.05) is 25.1 Å². The zero-order chi connectivity index (χ0) is 13.8. The van der Waals surface area contributed by atoms with E-state index in [0.717, 1.165) is 11.1 Å². The first kappa shape index (κ1) is 13.1. The quantitative estimate of drug-likeness (QED) is 0.911. The maximum atomic E-state index is 10.5. The van der Waals surface area contributed by atoms with E-state index in [1.165, 1.54) is 11.1 Å². The monoisotopic (exact) mass is 256 g/mol. The van der Waals surface area contributed by atoms with Crippen molar-refractivity contribution in [2.75, 3.05) is 6.61 Å². The minimum atomic E-state index is -0.975. The largest absolute Gasteiger partial charge is 0.482 e. The zero-order valence-electron chi connectivity index (χ0n) is 11.0. The number of carboxylic acid groups (broad SMARTS) is 1. The van der Waals surface area contributed by atoms with Gasteiger partial charge >= 0.3 is 5.97 Å². The Balaban J connectivity index is 2.32. The van der Waals surface area contributed by atoms with E-state index in [-0.39, 0.29) is 6.61 Å². The molecule has 1 N–H and O–H groups in total. The SMILES string of the molecule is Cc1ccc(C)c(-c2cccc(OCC(=O)O)c2)c1. The van der Waals surface area contributed by atoms with Crippen molar-refractivity contribution in [1.29, 1.82) is 0 Å². The van der Waals surface area contributed by atoms with Crippen molar-refractivity contribution in [2.24, 2.45) is 0 Å². The lowest BCUT2D eigenvalue weighted by Crippen LogP contribution is -2.09. The van der Waals surface area contributed by atoms with E-state index in [9.17, 15) is 4.79 Å². The molecule has 0 bridgehead atoms. The van der Waals surface area contributed by atoms with Crippen LogP contribution in [0, 0.1) is 13.8 Å². The van der Waals surface area contributed by atoms with E-state index >= 15 is 0 Å². The highest BCUT2D eigenvalue weighted by molar-refractivity contribution is 5.70. The normalized spacial score (nSPS) is 10.2. The Bertz CT molecular complexity index is 603. The first-order valence-electron chi connectivity index (χ1n) is 6.08. The third-order valence-corrected chi connectivity index (χ3v) is 2.90. The van der Waals surface area contributed by atoms with Gasteiger partial charge in [0.25, 0.3) is 0 Å². The predicted molar refractivity (Wildman–Crippen MR) is 74.5 cm³/mol. The Hall–Kier alpha value is -2.29. The molecule has 2 aromatic rings. The molecule has 3 nitrogen and oxygen atoms in total. The van der Waals surface area contributed by atoms with E-state index in [2.05, 4.69) is 25.1 Å². The fraction of sp³-hybridized carbons (Fsp3) is 0.188. The second kappa shape index (κ2) is 5.57.